The molecule has 4 heteroatoms. The molecule has 0 unspecified atom stereocenters. The van der Waals surface area contributed by atoms with Crippen molar-refractivity contribution in [2.45, 2.75) is 51.4 Å². The fraction of sp³-hybridized carbons (Fsp3) is 0.600. The molecule has 2 aliphatic heterocycles. The third-order valence-electron chi connectivity index (χ3n) is 4.22. The molecule has 0 spiro atoms. The van der Waals surface area contributed by atoms with E-state index in [1.165, 1.54) is 0 Å². The van der Waals surface area contributed by atoms with Crippen LogP contribution in [0.5, 0.6) is 0 Å². The average molecular weight is 263 g/mol. The molecule has 0 bridgehead atoms. The first-order chi connectivity index (χ1) is 8.90. The molecule has 1 aromatic carbocycles. The predicted molar refractivity (Wildman–Crippen MR) is 71.9 cm³/mol. The van der Waals surface area contributed by atoms with Gasteiger partial charge >= 0.3 is 0 Å². The van der Waals surface area contributed by atoms with Crippen molar-refractivity contribution in [3.63, 3.8) is 0 Å². The Hall–Kier alpha value is -0.940. The van der Waals surface area contributed by atoms with Gasteiger partial charge in [-0.05, 0) is 20.8 Å². The van der Waals surface area contributed by atoms with E-state index in [1.54, 1.807) is 0 Å². The lowest BCUT2D eigenvalue weighted by Gasteiger charge is -2.44. The molecular weight excluding hydrogens is 242 g/mol. The fourth-order valence-electron chi connectivity index (χ4n) is 3.25. The Kier molecular flexibility index (Phi) is 2.94. The van der Waals surface area contributed by atoms with Gasteiger partial charge in [-0.15, -0.1) is 0 Å². The Morgan fingerprint density at radius 1 is 1.26 bits per heavy atom. The van der Waals surface area contributed by atoms with Crippen molar-refractivity contribution in [1.29, 1.82) is 0 Å². The van der Waals surface area contributed by atoms with Gasteiger partial charge in [-0.3, -0.25) is 0 Å². The number of hydrogen-bond acceptors (Lipinski definition) is 3. The lowest BCUT2D eigenvalue weighted by Crippen LogP contribution is -2.48. The summed E-state index contributed by atoms with van der Waals surface area (Å²) in [5.74, 6) is -0.554. The van der Waals surface area contributed by atoms with Crippen LogP contribution in [0.3, 0.4) is 0 Å². The van der Waals surface area contributed by atoms with Crippen LogP contribution in [0, 0.1) is 5.21 Å². The van der Waals surface area contributed by atoms with Gasteiger partial charge in [0.1, 0.15) is 31.3 Å². The van der Waals surface area contributed by atoms with Crippen molar-refractivity contribution in [2.24, 2.45) is 0 Å². The summed E-state index contributed by atoms with van der Waals surface area (Å²) in [6.07, 6.45) is -0.164. The van der Waals surface area contributed by atoms with Gasteiger partial charge in [0.15, 0.2) is 5.79 Å². The summed E-state index contributed by atoms with van der Waals surface area (Å²) in [5, 5.41) is 13.0. The van der Waals surface area contributed by atoms with E-state index >= 15 is 0 Å². The zero-order valence-corrected chi connectivity index (χ0v) is 11.7. The van der Waals surface area contributed by atoms with E-state index in [9.17, 15) is 5.21 Å². The quantitative estimate of drug-likeness (QED) is 0.608. The second kappa shape index (κ2) is 4.28. The third kappa shape index (κ3) is 2.30. The van der Waals surface area contributed by atoms with Crippen LogP contribution in [0.2, 0.25) is 0 Å². The summed E-state index contributed by atoms with van der Waals surface area (Å²) in [6, 6.07) is 9.83. The Morgan fingerprint density at radius 3 is 2.58 bits per heavy atom. The molecule has 0 amide bonds. The van der Waals surface area contributed by atoms with Crippen LogP contribution in [0.25, 0.3) is 0 Å². The van der Waals surface area contributed by atoms with E-state index in [1.807, 2.05) is 51.1 Å². The lowest BCUT2D eigenvalue weighted by molar-refractivity contribution is -0.907. The number of nitrogens with zero attached hydrogens (tertiary/aromatic N) is 1. The van der Waals surface area contributed by atoms with Crippen LogP contribution in [-0.2, 0) is 16.0 Å². The summed E-state index contributed by atoms with van der Waals surface area (Å²) in [6.45, 7) is 6.76. The minimum atomic E-state index is -0.554. The number of rotatable bonds is 2. The Labute approximate surface area is 114 Å². The smallest absolute Gasteiger partial charge is 0.164 e. The molecule has 0 saturated carbocycles. The molecule has 1 aromatic rings. The molecule has 3 rings (SSSR count). The number of fused-ring (bicyclic) bond motifs is 1. The van der Waals surface area contributed by atoms with E-state index < -0.39 is 5.79 Å². The third-order valence-corrected chi connectivity index (χ3v) is 4.22. The van der Waals surface area contributed by atoms with Crippen molar-refractivity contribution >= 4 is 0 Å². The van der Waals surface area contributed by atoms with Crippen molar-refractivity contribution in [1.82, 2.24) is 0 Å². The highest BCUT2D eigenvalue weighted by Gasteiger charge is 2.56. The average Bonchev–Trinajstić information content (AvgIpc) is 2.73. The van der Waals surface area contributed by atoms with Crippen molar-refractivity contribution in [3.8, 4) is 0 Å². The zero-order valence-electron chi connectivity index (χ0n) is 11.7. The minimum Gasteiger partial charge on any atom is -0.632 e. The van der Waals surface area contributed by atoms with Crippen LogP contribution in [0.15, 0.2) is 30.3 Å². The maximum absolute atomic E-state index is 13.0. The van der Waals surface area contributed by atoms with E-state index in [-0.39, 0.29) is 22.9 Å². The second-order valence-electron chi connectivity index (χ2n) is 6.16. The first kappa shape index (κ1) is 13.1. The van der Waals surface area contributed by atoms with Crippen molar-refractivity contribution in [2.75, 3.05) is 6.54 Å². The Balaban J connectivity index is 1.77. The zero-order chi connectivity index (χ0) is 13.7. The van der Waals surface area contributed by atoms with E-state index in [0.29, 0.717) is 13.1 Å². The molecule has 4 atom stereocenters. The lowest BCUT2D eigenvalue weighted by atomic mass is 10.1. The van der Waals surface area contributed by atoms with Gasteiger partial charge in [-0.2, -0.15) is 0 Å². The summed E-state index contributed by atoms with van der Waals surface area (Å²) in [5.41, 5.74) is 1.07. The maximum Gasteiger partial charge on any atom is 0.164 e. The largest absolute Gasteiger partial charge is 0.632 e. The topological polar surface area (TPSA) is 41.5 Å². The van der Waals surface area contributed by atoms with E-state index in [2.05, 4.69) is 0 Å². The molecular formula is C15H21NO3. The number of quaternary nitrogens is 1. The molecule has 2 aliphatic rings. The molecule has 0 aliphatic carbocycles. The number of likely N-dealkylation sites (tertiary alicyclic amines) is 1. The summed E-state index contributed by atoms with van der Waals surface area (Å²) < 4.78 is 11.5. The van der Waals surface area contributed by atoms with Crippen LogP contribution in [0.4, 0.5) is 0 Å². The molecule has 2 heterocycles. The first-order valence-electron chi connectivity index (χ1n) is 6.87. The molecule has 19 heavy (non-hydrogen) atoms. The van der Waals surface area contributed by atoms with Gasteiger partial charge in [0.05, 0.1) is 0 Å². The number of ether oxygens (including phenoxy) is 2. The van der Waals surface area contributed by atoms with Gasteiger partial charge in [-0.25, -0.2) is 0 Å². The van der Waals surface area contributed by atoms with Crippen LogP contribution < -0.4 is 0 Å². The molecule has 104 valence electrons. The number of hydroxylamine groups is 3. The molecule has 0 N–H and O–H groups in total. The highest BCUT2D eigenvalue weighted by Crippen LogP contribution is 2.40. The van der Waals surface area contributed by atoms with Gasteiger partial charge in [0, 0.05) is 5.56 Å². The van der Waals surface area contributed by atoms with Crippen LogP contribution >= 0.6 is 0 Å². The highest BCUT2D eigenvalue weighted by atomic mass is 16.8. The number of hydrogen-bond donors (Lipinski definition) is 0. The van der Waals surface area contributed by atoms with Gasteiger partial charge in [-0.1, -0.05) is 30.3 Å². The van der Waals surface area contributed by atoms with Crippen LogP contribution in [0.1, 0.15) is 26.3 Å². The SMILES string of the molecule is C[C@@H]1[C@H]2OC(C)(C)O[C@H]2C[N@@+]1([O-])Cc1ccccc1. The Bertz CT molecular complexity index is 462. The monoisotopic (exact) mass is 263 g/mol. The van der Waals surface area contributed by atoms with E-state index in [0.717, 1.165) is 5.56 Å². The standard InChI is InChI=1S/C15H21NO3/c1-11-14-13(18-15(2,3)19-14)10-16(11,17)9-12-7-5-4-6-8-12/h4-8,11,13-14H,9-10H2,1-3H3/t11-,13+,14-,16+/m1/s1. The predicted octanol–water partition coefficient (Wildman–Crippen LogP) is 2.42. The van der Waals surface area contributed by atoms with Gasteiger partial charge < -0.3 is 19.3 Å². The molecule has 0 radical (unpaired) electrons. The summed E-state index contributed by atoms with van der Waals surface area (Å²) in [7, 11) is 0. The summed E-state index contributed by atoms with van der Waals surface area (Å²) in [4.78, 5) is 0. The molecule has 2 fully saturated rings. The Morgan fingerprint density at radius 2 is 1.95 bits per heavy atom. The van der Waals surface area contributed by atoms with Crippen molar-refractivity contribution < 1.29 is 14.1 Å². The first-order valence-corrected chi connectivity index (χ1v) is 6.87. The normalized spacial score (nSPS) is 40.3. The summed E-state index contributed by atoms with van der Waals surface area (Å²) >= 11 is 0. The highest BCUT2D eigenvalue weighted by molar-refractivity contribution is 5.14. The molecule has 2 saturated heterocycles. The van der Waals surface area contributed by atoms with Crippen LogP contribution in [-0.4, -0.2) is 35.2 Å². The number of benzene rings is 1. The van der Waals surface area contributed by atoms with Crippen molar-refractivity contribution in [3.05, 3.63) is 41.1 Å². The molecule has 0 aromatic heterocycles. The minimum absolute atomic E-state index is 0.0776. The van der Waals surface area contributed by atoms with Gasteiger partial charge in [0.25, 0.3) is 0 Å². The molecule has 4 nitrogen and oxygen atoms in total. The maximum atomic E-state index is 13.0. The fourth-order valence-corrected chi connectivity index (χ4v) is 3.25. The van der Waals surface area contributed by atoms with Gasteiger partial charge in [0.2, 0.25) is 0 Å². The van der Waals surface area contributed by atoms with E-state index in [4.69, 9.17) is 9.47 Å². The second-order valence-corrected chi connectivity index (χ2v) is 6.16.